The molecule has 9 heteroatoms. The molecule has 2 amide bonds. The van der Waals surface area contributed by atoms with Gasteiger partial charge in [-0.25, -0.2) is 4.98 Å². The number of imidazole rings is 1. The van der Waals surface area contributed by atoms with Crippen molar-refractivity contribution in [2.75, 3.05) is 13.1 Å². The Morgan fingerprint density at radius 1 is 1.23 bits per heavy atom. The molecule has 1 saturated heterocycles. The molecular formula is C17H23F3N4O2. The zero-order valence-electron chi connectivity index (χ0n) is 15.2. The number of hydrogen-bond donors (Lipinski definition) is 1. The molecule has 2 aliphatic rings. The van der Waals surface area contributed by atoms with Gasteiger partial charge in [-0.2, -0.15) is 13.2 Å². The van der Waals surface area contributed by atoms with E-state index in [2.05, 4.69) is 10.3 Å². The first-order chi connectivity index (χ1) is 11.9. The van der Waals surface area contributed by atoms with Gasteiger partial charge in [0.2, 0.25) is 5.91 Å². The number of alkyl halides is 3. The minimum Gasteiger partial charge on any atom is -0.342 e. The average Bonchev–Trinajstić information content (AvgIpc) is 2.92. The van der Waals surface area contributed by atoms with E-state index in [1.165, 1.54) is 0 Å². The van der Waals surface area contributed by atoms with Crippen LogP contribution in [0.2, 0.25) is 0 Å². The fourth-order valence-corrected chi connectivity index (χ4v) is 3.43. The molecule has 6 nitrogen and oxygen atoms in total. The molecule has 0 aromatic carbocycles. The van der Waals surface area contributed by atoms with Crippen molar-refractivity contribution in [2.24, 2.45) is 17.8 Å². The second kappa shape index (κ2) is 5.99. The van der Waals surface area contributed by atoms with Gasteiger partial charge in [0.1, 0.15) is 11.2 Å². The first-order valence-corrected chi connectivity index (χ1v) is 8.64. The Kier molecular flexibility index (Phi) is 4.31. The summed E-state index contributed by atoms with van der Waals surface area (Å²) in [6.07, 6.45) is -1.22. The molecule has 2 atom stereocenters. The van der Waals surface area contributed by atoms with E-state index >= 15 is 0 Å². The molecule has 26 heavy (non-hydrogen) atoms. The lowest BCUT2D eigenvalue weighted by Crippen LogP contribution is -2.55. The number of hydrogen-bond acceptors (Lipinski definition) is 3. The smallest absolute Gasteiger partial charge is 0.342 e. The third-order valence-electron chi connectivity index (χ3n) is 5.35. The Hall–Kier alpha value is -2.06. The maximum absolute atomic E-state index is 12.9. The van der Waals surface area contributed by atoms with Gasteiger partial charge in [-0.05, 0) is 39.5 Å². The van der Waals surface area contributed by atoms with Gasteiger partial charge >= 0.3 is 6.18 Å². The summed E-state index contributed by atoms with van der Waals surface area (Å²) in [5.74, 6) is -1.39. The highest BCUT2D eigenvalue weighted by Crippen LogP contribution is 2.52. The SMILES string of the molecule is CC(C)n1cnc(C(=O)N2CC3C(C2)C3C(=O)NC(C)(C)C(F)(F)F)c1. The fourth-order valence-electron chi connectivity index (χ4n) is 3.43. The molecule has 144 valence electrons. The molecule has 1 N–H and O–H groups in total. The molecule has 1 aromatic heterocycles. The van der Waals surface area contributed by atoms with E-state index in [0.717, 1.165) is 13.8 Å². The number of piperidine rings is 1. The van der Waals surface area contributed by atoms with Gasteiger partial charge in [0.05, 0.1) is 6.33 Å². The summed E-state index contributed by atoms with van der Waals surface area (Å²) in [7, 11) is 0. The van der Waals surface area contributed by atoms with Crippen molar-refractivity contribution in [1.29, 1.82) is 0 Å². The molecule has 1 aliphatic carbocycles. The number of carbonyl (C=O) groups excluding carboxylic acids is 2. The molecule has 0 radical (unpaired) electrons. The van der Waals surface area contributed by atoms with Crippen molar-refractivity contribution in [1.82, 2.24) is 19.8 Å². The highest BCUT2D eigenvalue weighted by atomic mass is 19.4. The number of halogens is 3. The summed E-state index contributed by atoms with van der Waals surface area (Å²) in [5.41, 5.74) is -1.92. The van der Waals surface area contributed by atoms with Crippen molar-refractivity contribution >= 4 is 11.8 Å². The van der Waals surface area contributed by atoms with Gasteiger partial charge < -0.3 is 14.8 Å². The van der Waals surface area contributed by atoms with Crippen LogP contribution >= 0.6 is 0 Å². The average molecular weight is 372 g/mol. The topological polar surface area (TPSA) is 67.2 Å². The minimum absolute atomic E-state index is 0.0739. The predicted molar refractivity (Wildman–Crippen MR) is 87.3 cm³/mol. The van der Waals surface area contributed by atoms with Crippen LogP contribution in [0.3, 0.4) is 0 Å². The summed E-state index contributed by atoms with van der Waals surface area (Å²) >= 11 is 0. The number of carbonyl (C=O) groups is 2. The highest BCUT2D eigenvalue weighted by Gasteiger charge is 2.61. The molecular weight excluding hydrogens is 349 g/mol. The van der Waals surface area contributed by atoms with Crippen LogP contribution in [0.1, 0.15) is 44.2 Å². The largest absolute Gasteiger partial charge is 0.410 e. The maximum Gasteiger partial charge on any atom is 0.410 e. The van der Waals surface area contributed by atoms with Crippen LogP contribution in [0.5, 0.6) is 0 Å². The summed E-state index contributed by atoms with van der Waals surface area (Å²) in [6.45, 7) is 6.61. The minimum atomic E-state index is -4.51. The quantitative estimate of drug-likeness (QED) is 0.882. The Balaban J connectivity index is 1.56. The van der Waals surface area contributed by atoms with Crippen LogP contribution in [0.25, 0.3) is 0 Å². The van der Waals surface area contributed by atoms with Crippen molar-refractivity contribution < 1.29 is 22.8 Å². The van der Waals surface area contributed by atoms with E-state index in [9.17, 15) is 22.8 Å². The maximum atomic E-state index is 12.9. The molecule has 0 bridgehead atoms. The van der Waals surface area contributed by atoms with E-state index in [1.807, 2.05) is 18.4 Å². The van der Waals surface area contributed by atoms with E-state index < -0.39 is 23.5 Å². The van der Waals surface area contributed by atoms with Crippen LogP contribution in [0, 0.1) is 17.8 Å². The summed E-state index contributed by atoms with van der Waals surface area (Å²) in [4.78, 5) is 30.4. The Labute approximate surface area is 149 Å². The zero-order chi connectivity index (χ0) is 19.4. The van der Waals surface area contributed by atoms with Gasteiger partial charge in [-0.1, -0.05) is 0 Å². The van der Waals surface area contributed by atoms with E-state index in [0.29, 0.717) is 18.8 Å². The van der Waals surface area contributed by atoms with E-state index in [-0.39, 0.29) is 23.8 Å². The van der Waals surface area contributed by atoms with Crippen molar-refractivity contribution in [3.63, 3.8) is 0 Å². The molecule has 2 fully saturated rings. The molecule has 2 unspecified atom stereocenters. The Morgan fingerprint density at radius 2 is 1.81 bits per heavy atom. The lowest BCUT2D eigenvalue weighted by Gasteiger charge is -2.29. The van der Waals surface area contributed by atoms with Crippen LogP contribution in [0.4, 0.5) is 13.2 Å². The molecule has 0 spiro atoms. The summed E-state index contributed by atoms with van der Waals surface area (Å²) in [5, 5.41) is 2.10. The second-order valence-electron chi connectivity index (χ2n) is 7.98. The summed E-state index contributed by atoms with van der Waals surface area (Å²) in [6, 6.07) is 0.195. The first-order valence-electron chi connectivity index (χ1n) is 8.64. The molecule has 1 aromatic rings. The normalized spacial score (nSPS) is 25.4. The number of nitrogens with one attached hydrogen (secondary N) is 1. The number of fused-ring (bicyclic) bond motifs is 1. The lowest BCUT2D eigenvalue weighted by molar-refractivity contribution is -0.188. The monoisotopic (exact) mass is 372 g/mol. The third kappa shape index (κ3) is 3.19. The summed E-state index contributed by atoms with van der Waals surface area (Å²) < 4.78 is 40.5. The number of amides is 2. The van der Waals surface area contributed by atoms with Gasteiger partial charge in [-0.15, -0.1) is 0 Å². The van der Waals surface area contributed by atoms with Crippen molar-refractivity contribution in [3.05, 3.63) is 18.2 Å². The predicted octanol–water partition coefficient (Wildman–Crippen LogP) is 2.24. The van der Waals surface area contributed by atoms with E-state index in [4.69, 9.17) is 0 Å². The first kappa shape index (κ1) is 18.7. The van der Waals surface area contributed by atoms with Crippen LogP contribution in [-0.2, 0) is 4.79 Å². The zero-order valence-corrected chi connectivity index (χ0v) is 15.2. The number of nitrogens with zero attached hydrogens (tertiary/aromatic N) is 3. The second-order valence-corrected chi connectivity index (χ2v) is 7.98. The standard InChI is InChI=1S/C17H23F3N4O2/c1-9(2)24-7-12(21-8-24)15(26)23-5-10-11(6-23)13(10)14(25)22-16(3,4)17(18,19)20/h7-11,13H,5-6H2,1-4H3,(H,22,25). The van der Waals surface area contributed by atoms with Gasteiger partial charge in [0.25, 0.3) is 5.91 Å². The molecule has 2 heterocycles. The fraction of sp³-hybridized carbons (Fsp3) is 0.706. The molecule has 1 saturated carbocycles. The van der Waals surface area contributed by atoms with Crippen molar-refractivity contribution in [3.8, 4) is 0 Å². The van der Waals surface area contributed by atoms with Crippen LogP contribution < -0.4 is 5.32 Å². The Morgan fingerprint density at radius 3 is 2.27 bits per heavy atom. The number of aromatic nitrogens is 2. The van der Waals surface area contributed by atoms with Crippen molar-refractivity contribution in [2.45, 2.75) is 45.5 Å². The number of rotatable bonds is 4. The Bertz CT molecular complexity index is 714. The molecule has 1 aliphatic heterocycles. The highest BCUT2D eigenvalue weighted by molar-refractivity contribution is 5.93. The van der Waals surface area contributed by atoms with Gasteiger partial charge in [0.15, 0.2) is 0 Å². The lowest BCUT2D eigenvalue weighted by atomic mass is 10.0. The number of likely N-dealkylation sites (tertiary alicyclic amines) is 1. The van der Waals surface area contributed by atoms with E-state index in [1.54, 1.807) is 17.4 Å². The van der Waals surface area contributed by atoms with Crippen LogP contribution in [0.15, 0.2) is 12.5 Å². The third-order valence-corrected chi connectivity index (χ3v) is 5.35. The molecule has 3 rings (SSSR count). The van der Waals surface area contributed by atoms with Gasteiger partial charge in [-0.3, -0.25) is 9.59 Å². The van der Waals surface area contributed by atoms with Gasteiger partial charge in [0, 0.05) is 31.2 Å². The van der Waals surface area contributed by atoms with Crippen LogP contribution in [-0.4, -0.2) is 51.1 Å².